The first-order valence-corrected chi connectivity index (χ1v) is 11.1. The molecule has 0 fully saturated rings. The second-order valence-corrected chi connectivity index (χ2v) is 7.40. The van der Waals surface area contributed by atoms with E-state index in [1.54, 1.807) is 0 Å². The molecule has 0 radical (unpaired) electrons. The van der Waals surface area contributed by atoms with E-state index >= 15 is 0 Å². The molecule has 0 rings (SSSR count). The second-order valence-electron chi connectivity index (χ2n) is 7.40. The van der Waals surface area contributed by atoms with E-state index < -0.39 is 0 Å². The summed E-state index contributed by atoms with van der Waals surface area (Å²) in [5, 5.41) is 3.05. The maximum atomic E-state index is 11.7. The van der Waals surface area contributed by atoms with Crippen molar-refractivity contribution in [2.45, 2.75) is 129 Å². The topological polar surface area (TPSA) is 29.1 Å². The van der Waals surface area contributed by atoms with Gasteiger partial charge in [0.2, 0.25) is 5.91 Å². The van der Waals surface area contributed by atoms with Gasteiger partial charge in [-0.2, -0.15) is 0 Å². The molecule has 0 aliphatic carbocycles. The minimum atomic E-state index is 0.259. The molecule has 1 N–H and O–H groups in total. The molecule has 24 heavy (non-hydrogen) atoms. The maximum absolute atomic E-state index is 11.7. The van der Waals surface area contributed by atoms with E-state index in [4.69, 9.17) is 0 Å². The highest BCUT2D eigenvalue weighted by molar-refractivity contribution is 5.75. The van der Waals surface area contributed by atoms with Crippen molar-refractivity contribution in [1.82, 2.24) is 5.32 Å². The van der Waals surface area contributed by atoms with Gasteiger partial charge >= 0.3 is 0 Å². The van der Waals surface area contributed by atoms with Gasteiger partial charge in [-0.3, -0.25) is 4.79 Å². The molecule has 0 atom stereocenters. The van der Waals surface area contributed by atoms with E-state index in [-0.39, 0.29) is 5.91 Å². The summed E-state index contributed by atoms with van der Waals surface area (Å²) < 4.78 is 0. The van der Waals surface area contributed by atoms with Crippen molar-refractivity contribution in [2.75, 3.05) is 6.54 Å². The molecule has 144 valence electrons. The fraction of sp³-hybridized carbons (Fsp3) is 0.955. The van der Waals surface area contributed by atoms with Crippen molar-refractivity contribution < 1.29 is 4.79 Å². The Kier molecular flexibility index (Phi) is 20.1. The number of carbonyl (C=O) groups excluding carboxylic acids is 1. The van der Waals surface area contributed by atoms with Gasteiger partial charge in [-0.1, -0.05) is 110 Å². The number of amides is 1. The van der Waals surface area contributed by atoms with Crippen LogP contribution in [0.2, 0.25) is 0 Å². The van der Waals surface area contributed by atoms with E-state index in [1.807, 2.05) is 0 Å². The van der Waals surface area contributed by atoms with Gasteiger partial charge in [0.15, 0.2) is 0 Å². The average Bonchev–Trinajstić information content (AvgIpc) is 2.59. The molecular formula is C22H45NO. The molecule has 0 saturated carbocycles. The van der Waals surface area contributed by atoms with Gasteiger partial charge in [0.1, 0.15) is 0 Å². The first kappa shape index (κ1) is 23.5. The molecule has 0 aromatic heterocycles. The minimum absolute atomic E-state index is 0.259. The lowest BCUT2D eigenvalue weighted by molar-refractivity contribution is -0.121. The first-order valence-electron chi connectivity index (χ1n) is 11.1. The highest BCUT2D eigenvalue weighted by Gasteiger charge is 2.00. The van der Waals surface area contributed by atoms with E-state index in [0.29, 0.717) is 0 Å². The normalized spacial score (nSPS) is 10.9. The summed E-state index contributed by atoms with van der Waals surface area (Å²) in [6, 6.07) is 0. The third-order valence-electron chi connectivity index (χ3n) is 4.86. The van der Waals surface area contributed by atoms with Crippen LogP contribution in [-0.2, 0) is 4.79 Å². The Morgan fingerprint density at radius 1 is 0.542 bits per heavy atom. The SMILES string of the molecule is CCCCCCCCCCCCCCCC(=O)NCCCCCC. The lowest BCUT2D eigenvalue weighted by Crippen LogP contribution is -2.23. The molecule has 0 saturated heterocycles. The van der Waals surface area contributed by atoms with Gasteiger partial charge in [-0.25, -0.2) is 0 Å². The predicted molar refractivity (Wildman–Crippen MR) is 107 cm³/mol. The quantitative estimate of drug-likeness (QED) is 0.248. The smallest absolute Gasteiger partial charge is 0.219 e. The third kappa shape index (κ3) is 19.5. The molecule has 0 aliphatic rings. The molecule has 0 spiro atoms. The Bertz CT molecular complexity index is 252. The molecule has 0 aromatic carbocycles. The Balaban J connectivity index is 3.10. The number of hydrogen-bond acceptors (Lipinski definition) is 1. The van der Waals surface area contributed by atoms with Crippen LogP contribution in [0.4, 0.5) is 0 Å². The van der Waals surface area contributed by atoms with Gasteiger partial charge < -0.3 is 5.32 Å². The zero-order valence-electron chi connectivity index (χ0n) is 16.8. The van der Waals surface area contributed by atoms with Gasteiger partial charge in [0, 0.05) is 13.0 Å². The molecule has 2 nitrogen and oxygen atoms in total. The summed E-state index contributed by atoms with van der Waals surface area (Å²) in [5.74, 6) is 0.259. The predicted octanol–water partition coefficient (Wildman–Crippen LogP) is 7.16. The molecule has 2 heteroatoms. The van der Waals surface area contributed by atoms with Gasteiger partial charge in [0.25, 0.3) is 0 Å². The highest BCUT2D eigenvalue weighted by Crippen LogP contribution is 2.12. The van der Waals surface area contributed by atoms with Crippen LogP contribution in [-0.4, -0.2) is 12.5 Å². The summed E-state index contributed by atoms with van der Waals surface area (Å²) in [7, 11) is 0. The summed E-state index contributed by atoms with van der Waals surface area (Å²) in [6.45, 7) is 5.37. The number of unbranched alkanes of at least 4 members (excludes halogenated alkanes) is 15. The summed E-state index contributed by atoms with van der Waals surface area (Å²) >= 11 is 0. The summed E-state index contributed by atoms with van der Waals surface area (Å²) in [6.07, 6.45) is 23.3. The van der Waals surface area contributed by atoms with Gasteiger partial charge in [-0.15, -0.1) is 0 Å². The molecule has 0 aliphatic heterocycles. The fourth-order valence-corrected chi connectivity index (χ4v) is 3.17. The van der Waals surface area contributed by atoms with Crippen molar-refractivity contribution >= 4 is 5.91 Å². The molecule has 0 aromatic rings. The second kappa shape index (κ2) is 20.5. The lowest BCUT2D eigenvalue weighted by Gasteiger charge is -2.05. The third-order valence-corrected chi connectivity index (χ3v) is 4.86. The molecule has 0 heterocycles. The van der Waals surface area contributed by atoms with Gasteiger partial charge in [-0.05, 0) is 12.8 Å². The molecular weight excluding hydrogens is 294 g/mol. The van der Waals surface area contributed by atoms with Crippen LogP contribution in [0.1, 0.15) is 129 Å². The van der Waals surface area contributed by atoms with Crippen LogP contribution in [0.5, 0.6) is 0 Å². The Hall–Kier alpha value is -0.530. The van der Waals surface area contributed by atoms with E-state index in [1.165, 1.54) is 96.3 Å². The van der Waals surface area contributed by atoms with Crippen molar-refractivity contribution in [3.63, 3.8) is 0 Å². The highest BCUT2D eigenvalue weighted by atomic mass is 16.1. The number of nitrogens with one attached hydrogen (secondary N) is 1. The van der Waals surface area contributed by atoms with Crippen molar-refractivity contribution in [2.24, 2.45) is 0 Å². The van der Waals surface area contributed by atoms with Crippen LogP contribution in [0, 0.1) is 0 Å². The van der Waals surface area contributed by atoms with E-state index in [9.17, 15) is 4.79 Å². The number of rotatable bonds is 19. The Morgan fingerprint density at radius 2 is 0.917 bits per heavy atom. The largest absolute Gasteiger partial charge is 0.356 e. The monoisotopic (exact) mass is 339 g/mol. The number of hydrogen-bond donors (Lipinski definition) is 1. The number of carbonyl (C=O) groups is 1. The average molecular weight is 340 g/mol. The van der Waals surface area contributed by atoms with Crippen LogP contribution in [0.25, 0.3) is 0 Å². The van der Waals surface area contributed by atoms with Crippen LogP contribution in [0.15, 0.2) is 0 Å². The standard InChI is InChI=1S/C22H45NO/c1-3-5-7-9-10-11-12-13-14-15-16-17-18-20-22(24)23-21-19-8-6-4-2/h3-21H2,1-2H3,(H,23,24). The van der Waals surface area contributed by atoms with E-state index in [0.717, 1.165) is 25.8 Å². The molecule has 1 amide bonds. The minimum Gasteiger partial charge on any atom is -0.356 e. The Morgan fingerprint density at radius 3 is 1.38 bits per heavy atom. The van der Waals surface area contributed by atoms with E-state index in [2.05, 4.69) is 19.2 Å². The molecule has 0 bridgehead atoms. The van der Waals surface area contributed by atoms with Gasteiger partial charge in [0.05, 0.1) is 0 Å². The maximum Gasteiger partial charge on any atom is 0.219 e. The van der Waals surface area contributed by atoms with Crippen LogP contribution < -0.4 is 5.32 Å². The Labute approximate surface area is 152 Å². The zero-order chi connectivity index (χ0) is 17.7. The van der Waals surface area contributed by atoms with Crippen LogP contribution >= 0.6 is 0 Å². The first-order chi connectivity index (χ1) is 11.8. The van der Waals surface area contributed by atoms with Crippen LogP contribution in [0.3, 0.4) is 0 Å². The molecule has 0 unspecified atom stereocenters. The van der Waals surface area contributed by atoms with Crippen molar-refractivity contribution in [3.8, 4) is 0 Å². The summed E-state index contributed by atoms with van der Waals surface area (Å²) in [5.41, 5.74) is 0. The van der Waals surface area contributed by atoms with Crippen molar-refractivity contribution in [3.05, 3.63) is 0 Å². The fourth-order valence-electron chi connectivity index (χ4n) is 3.17. The van der Waals surface area contributed by atoms with Crippen molar-refractivity contribution in [1.29, 1.82) is 0 Å². The lowest BCUT2D eigenvalue weighted by atomic mass is 10.0. The summed E-state index contributed by atoms with van der Waals surface area (Å²) in [4.78, 5) is 11.7. The zero-order valence-corrected chi connectivity index (χ0v) is 16.8.